The number of nitrogens with one attached hydrogen (secondary N) is 2. The molecule has 4 rings (SSSR count). The number of hydrogen-bond acceptors (Lipinski definition) is 4. The predicted octanol–water partition coefficient (Wildman–Crippen LogP) is 2.23. The van der Waals surface area contributed by atoms with Crippen LogP contribution in [-0.2, 0) is 19.6 Å². The highest BCUT2D eigenvalue weighted by atomic mass is 15.3. The Morgan fingerprint density at radius 1 is 0.966 bits per heavy atom. The summed E-state index contributed by atoms with van der Waals surface area (Å²) in [7, 11) is 0. The number of fused-ring (bicyclic) bond motifs is 1. The summed E-state index contributed by atoms with van der Waals surface area (Å²) in [6.07, 6.45) is 5.77. The molecule has 29 heavy (non-hydrogen) atoms. The third kappa shape index (κ3) is 4.60. The summed E-state index contributed by atoms with van der Waals surface area (Å²) in [5.41, 5.74) is 2.06. The van der Waals surface area contributed by atoms with Gasteiger partial charge < -0.3 is 15.2 Å². The van der Waals surface area contributed by atoms with Crippen LogP contribution in [0.2, 0.25) is 0 Å². The number of imidazole rings is 1. The van der Waals surface area contributed by atoms with Gasteiger partial charge >= 0.3 is 0 Å². The standard InChI is InChI=1S/C21H24N8/c1-2-22-21(25-15-20-27-26-18-10-6-7-12-29(18)20)24-14-19-23-11-13-28(19)16-17-8-4-3-5-9-17/h3-13H,2,14-16H2,1H3,(H2,22,24,25). The molecule has 3 heterocycles. The Hall–Kier alpha value is -3.68. The van der Waals surface area contributed by atoms with Crippen molar-refractivity contribution >= 4 is 11.6 Å². The minimum atomic E-state index is 0.430. The van der Waals surface area contributed by atoms with E-state index in [4.69, 9.17) is 0 Å². The summed E-state index contributed by atoms with van der Waals surface area (Å²) in [6, 6.07) is 16.2. The van der Waals surface area contributed by atoms with Crippen LogP contribution in [0.1, 0.15) is 24.1 Å². The molecule has 8 nitrogen and oxygen atoms in total. The normalized spacial score (nSPS) is 11.7. The zero-order valence-corrected chi connectivity index (χ0v) is 16.4. The average molecular weight is 388 g/mol. The van der Waals surface area contributed by atoms with Gasteiger partial charge in [-0.2, -0.15) is 0 Å². The molecule has 0 aliphatic carbocycles. The molecule has 0 spiro atoms. The lowest BCUT2D eigenvalue weighted by molar-refractivity contribution is 0.687. The Morgan fingerprint density at radius 2 is 1.83 bits per heavy atom. The number of pyridine rings is 1. The van der Waals surface area contributed by atoms with Crippen molar-refractivity contribution in [1.82, 2.24) is 34.8 Å². The Morgan fingerprint density at radius 3 is 2.69 bits per heavy atom. The van der Waals surface area contributed by atoms with Crippen LogP contribution in [0.15, 0.2) is 72.1 Å². The molecule has 0 fully saturated rings. The third-order valence-electron chi connectivity index (χ3n) is 4.52. The van der Waals surface area contributed by atoms with Gasteiger partial charge in [0.25, 0.3) is 0 Å². The van der Waals surface area contributed by atoms with E-state index in [1.54, 1.807) is 0 Å². The molecule has 0 radical (unpaired) electrons. The fourth-order valence-electron chi connectivity index (χ4n) is 3.08. The highest BCUT2D eigenvalue weighted by Gasteiger charge is 2.07. The Kier molecular flexibility index (Phi) is 5.80. The fourth-order valence-corrected chi connectivity index (χ4v) is 3.08. The SMILES string of the molecule is CCNC(=NCc1nnc2ccccn12)NCc1nccn1Cc1ccccc1. The number of hydrogen-bond donors (Lipinski definition) is 2. The Bertz CT molecular complexity index is 1080. The van der Waals surface area contributed by atoms with Crippen molar-refractivity contribution in [2.75, 3.05) is 6.54 Å². The van der Waals surface area contributed by atoms with Crippen LogP contribution in [0.5, 0.6) is 0 Å². The summed E-state index contributed by atoms with van der Waals surface area (Å²) in [4.78, 5) is 9.14. The molecule has 2 N–H and O–H groups in total. The van der Waals surface area contributed by atoms with Crippen LogP contribution >= 0.6 is 0 Å². The molecule has 4 aromatic rings. The average Bonchev–Trinajstić information content (AvgIpc) is 3.37. The number of rotatable bonds is 7. The Balaban J connectivity index is 1.43. The summed E-state index contributed by atoms with van der Waals surface area (Å²) in [5, 5.41) is 15.0. The van der Waals surface area contributed by atoms with Crippen LogP contribution in [0.25, 0.3) is 5.65 Å². The maximum absolute atomic E-state index is 4.65. The highest BCUT2D eigenvalue weighted by molar-refractivity contribution is 5.79. The molecule has 3 aromatic heterocycles. The van der Waals surface area contributed by atoms with E-state index in [9.17, 15) is 0 Å². The van der Waals surface area contributed by atoms with Gasteiger partial charge in [0.1, 0.15) is 12.4 Å². The van der Waals surface area contributed by atoms with Crippen LogP contribution in [0, 0.1) is 0 Å². The first-order chi connectivity index (χ1) is 14.3. The van der Waals surface area contributed by atoms with Gasteiger partial charge in [-0.25, -0.2) is 9.98 Å². The number of aliphatic imine (C=N–C) groups is 1. The summed E-state index contributed by atoms with van der Waals surface area (Å²) < 4.78 is 4.08. The number of aromatic nitrogens is 5. The second kappa shape index (κ2) is 9.01. The van der Waals surface area contributed by atoms with E-state index in [2.05, 4.69) is 47.5 Å². The second-order valence-electron chi connectivity index (χ2n) is 6.55. The zero-order valence-electron chi connectivity index (χ0n) is 16.4. The van der Waals surface area contributed by atoms with Gasteiger partial charge in [0, 0.05) is 31.7 Å². The molecular formula is C21H24N8. The van der Waals surface area contributed by atoms with Gasteiger partial charge in [0.05, 0.1) is 6.54 Å². The molecule has 0 aliphatic heterocycles. The van der Waals surface area contributed by atoms with E-state index >= 15 is 0 Å². The lowest BCUT2D eigenvalue weighted by Crippen LogP contribution is -2.37. The molecule has 1 aromatic carbocycles. The fraction of sp³-hybridized carbons (Fsp3) is 0.238. The van der Waals surface area contributed by atoms with Crippen LogP contribution in [0.3, 0.4) is 0 Å². The van der Waals surface area contributed by atoms with Gasteiger partial charge in [-0.1, -0.05) is 36.4 Å². The molecule has 148 valence electrons. The smallest absolute Gasteiger partial charge is 0.192 e. The summed E-state index contributed by atoms with van der Waals surface area (Å²) >= 11 is 0. The van der Waals surface area contributed by atoms with Crippen molar-refractivity contribution in [3.8, 4) is 0 Å². The molecule has 0 atom stereocenters. The van der Waals surface area contributed by atoms with Crippen molar-refractivity contribution < 1.29 is 0 Å². The van der Waals surface area contributed by atoms with Crippen molar-refractivity contribution in [1.29, 1.82) is 0 Å². The van der Waals surface area contributed by atoms with Crippen LogP contribution in [-0.4, -0.2) is 36.7 Å². The van der Waals surface area contributed by atoms with Crippen molar-refractivity contribution in [3.63, 3.8) is 0 Å². The second-order valence-corrected chi connectivity index (χ2v) is 6.55. The zero-order chi connectivity index (χ0) is 19.9. The molecular weight excluding hydrogens is 364 g/mol. The first kappa shape index (κ1) is 18.7. The number of guanidine groups is 1. The predicted molar refractivity (Wildman–Crippen MR) is 112 cm³/mol. The van der Waals surface area contributed by atoms with Crippen molar-refractivity contribution in [2.45, 2.75) is 26.6 Å². The minimum Gasteiger partial charge on any atom is -0.357 e. The highest BCUT2D eigenvalue weighted by Crippen LogP contribution is 2.06. The number of nitrogens with zero attached hydrogens (tertiary/aromatic N) is 6. The van der Waals surface area contributed by atoms with Crippen LogP contribution in [0.4, 0.5) is 0 Å². The first-order valence-corrected chi connectivity index (χ1v) is 9.68. The van der Waals surface area contributed by atoms with Gasteiger partial charge in [-0.05, 0) is 24.6 Å². The third-order valence-corrected chi connectivity index (χ3v) is 4.52. The van der Waals surface area contributed by atoms with E-state index < -0.39 is 0 Å². The van der Waals surface area contributed by atoms with Gasteiger partial charge in [-0.15, -0.1) is 10.2 Å². The van der Waals surface area contributed by atoms with E-state index in [1.807, 2.05) is 66.3 Å². The van der Waals surface area contributed by atoms with Crippen LogP contribution < -0.4 is 10.6 Å². The lowest BCUT2D eigenvalue weighted by atomic mass is 10.2. The maximum Gasteiger partial charge on any atom is 0.192 e. The molecule has 0 bridgehead atoms. The molecule has 0 saturated heterocycles. The molecule has 0 unspecified atom stereocenters. The monoisotopic (exact) mass is 388 g/mol. The molecule has 8 heteroatoms. The number of benzene rings is 1. The molecule has 0 saturated carbocycles. The first-order valence-electron chi connectivity index (χ1n) is 9.68. The molecule has 0 amide bonds. The maximum atomic E-state index is 4.65. The Labute approximate surface area is 169 Å². The molecule has 0 aliphatic rings. The quantitative estimate of drug-likeness (QED) is 0.375. The summed E-state index contributed by atoms with van der Waals surface area (Å²) in [5.74, 6) is 2.46. The lowest BCUT2D eigenvalue weighted by Gasteiger charge is -2.12. The van der Waals surface area contributed by atoms with E-state index in [1.165, 1.54) is 5.56 Å². The minimum absolute atomic E-state index is 0.430. The van der Waals surface area contributed by atoms with Crippen molar-refractivity contribution in [3.05, 3.63) is 84.3 Å². The largest absolute Gasteiger partial charge is 0.357 e. The van der Waals surface area contributed by atoms with Gasteiger partial charge in [-0.3, -0.25) is 4.40 Å². The van der Waals surface area contributed by atoms with Gasteiger partial charge in [0.2, 0.25) is 0 Å². The summed E-state index contributed by atoms with van der Waals surface area (Å²) in [6.45, 7) is 4.60. The topological polar surface area (TPSA) is 84.4 Å². The van der Waals surface area contributed by atoms with E-state index in [0.29, 0.717) is 13.1 Å². The van der Waals surface area contributed by atoms with E-state index in [-0.39, 0.29) is 0 Å². The van der Waals surface area contributed by atoms with Crippen molar-refractivity contribution in [2.24, 2.45) is 4.99 Å². The van der Waals surface area contributed by atoms with E-state index in [0.717, 1.165) is 36.3 Å². The van der Waals surface area contributed by atoms with Gasteiger partial charge in [0.15, 0.2) is 17.4 Å².